The normalized spacial score (nSPS) is 11.3. The Balaban J connectivity index is 2.16. The Morgan fingerprint density at radius 1 is 1.24 bits per heavy atom. The number of halogens is 5. The molecule has 2 rings (SSSR count). The largest absolute Gasteiger partial charge is 0.487 e. The number of hydrogen-bond acceptors (Lipinski definition) is 4. The Kier molecular flexibility index (Phi) is 7.20. The number of thiocarbonyl (C=S) groups is 1. The summed E-state index contributed by atoms with van der Waals surface area (Å²) in [4.78, 5) is 10.3. The summed E-state index contributed by atoms with van der Waals surface area (Å²) in [6.45, 7) is 0.167. The van der Waals surface area contributed by atoms with Crippen molar-refractivity contribution in [1.82, 2.24) is 0 Å². The molecule has 0 atom stereocenters. The molecule has 0 aliphatic rings. The number of anilines is 2. The van der Waals surface area contributed by atoms with Gasteiger partial charge in [-0.3, -0.25) is 10.1 Å². The standard InChI is InChI=1S/C17H14ClF4N3O3S/c1-9-2-3-10(6-14(9)18)23-16(29)24-11-4-12(25(26)27)7-13(5-11)28-8-17(21,22)15(19)20/h2-7,15H,8H2,1H3,(H2,23,24,29). The van der Waals surface area contributed by atoms with Crippen LogP contribution in [0.1, 0.15) is 5.56 Å². The van der Waals surface area contributed by atoms with Crippen molar-refractivity contribution in [2.45, 2.75) is 19.3 Å². The highest BCUT2D eigenvalue weighted by atomic mass is 35.5. The van der Waals surface area contributed by atoms with Gasteiger partial charge in [-0.1, -0.05) is 17.7 Å². The van der Waals surface area contributed by atoms with Gasteiger partial charge >= 0.3 is 12.3 Å². The topological polar surface area (TPSA) is 76.4 Å². The van der Waals surface area contributed by atoms with Crippen molar-refractivity contribution in [3.05, 3.63) is 57.1 Å². The summed E-state index contributed by atoms with van der Waals surface area (Å²) in [7, 11) is 0. The molecule has 12 heteroatoms. The van der Waals surface area contributed by atoms with Gasteiger partial charge in [-0.15, -0.1) is 0 Å². The van der Waals surface area contributed by atoms with Crippen molar-refractivity contribution < 1.29 is 27.2 Å². The fraction of sp³-hybridized carbons (Fsp3) is 0.235. The molecule has 6 nitrogen and oxygen atoms in total. The highest BCUT2D eigenvalue weighted by molar-refractivity contribution is 7.80. The maximum atomic E-state index is 13.0. The van der Waals surface area contributed by atoms with Crippen LogP contribution in [0, 0.1) is 17.0 Å². The first-order valence-electron chi connectivity index (χ1n) is 7.90. The SMILES string of the molecule is Cc1ccc(NC(=S)Nc2cc(OCC(F)(F)C(F)F)cc([N+](=O)[O-])c2)cc1Cl. The van der Waals surface area contributed by atoms with E-state index in [1.165, 1.54) is 0 Å². The van der Waals surface area contributed by atoms with E-state index in [0.29, 0.717) is 10.7 Å². The lowest BCUT2D eigenvalue weighted by atomic mass is 10.2. The number of nitro groups is 1. The quantitative estimate of drug-likeness (QED) is 0.245. The van der Waals surface area contributed by atoms with E-state index in [1.807, 2.05) is 6.92 Å². The lowest BCUT2D eigenvalue weighted by Crippen LogP contribution is -2.33. The average Bonchev–Trinajstić information content (AvgIpc) is 2.62. The van der Waals surface area contributed by atoms with E-state index in [0.717, 1.165) is 23.8 Å². The van der Waals surface area contributed by atoms with Crippen LogP contribution >= 0.6 is 23.8 Å². The molecule has 0 bridgehead atoms. The molecule has 0 spiro atoms. The van der Waals surface area contributed by atoms with E-state index in [4.69, 9.17) is 23.8 Å². The van der Waals surface area contributed by atoms with Gasteiger partial charge in [0.25, 0.3) is 5.69 Å². The number of ether oxygens (including phenoxy) is 1. The molecule has 2 aromatic carbocycles. The molecular weight excluding hydrogens is 438 g/mol. The van der Waals surface area contributed by atoms with Gasteiger partial charge in [0.05, 0.1) is 16.7 Å². The Hall–Kier alpha value is -2.66. The second-order valence-electron chi connectivity index (χ2n) is 5.87. The van der Waals surface area contributed by atoms with Crippen LogP contribution in [0.3, 0.4) is 0 Å². The predicted molar refractivity (Wildman–Crippen MR) is 106 cm³/mol. The fourth-order valence-electron chi connectivity index (χ4n) is 2.05. The molecule has 0 aliphatic heterocycles. The summed E-state index contributed by atoms with van der Waals surface area (Å²) >= 11 is 11.1. The second-order valence-corrected chi connectivity index (χ2v) is 6.68. The summed E-state index contributed by atoms with van der Waals surface area (Å²) in [6, 6.07) is 8.08. The zero-order chi connectivity index (χ0) is 21.8. The fourth-order valence-corrected chi connectivity index (χ4v) is 2.47. The first kappa shape index (κ1) is 22.6. The lowest BCUT2D eigenvalue weighted by molar-refractivity contribution is -0.384. The Morgan fingerprint density at radius 3 is 2.48 bits per heavy atom. The number of non-ortho nitro benzene ring substituents is 1. The van der Waals surface area contributed by atoms with Crippen molar-refractivity contribution >= 4 is 46.0 Å². The van der Waals surface area contributed by atoms with Gasteiger partial charge < -0.3 is 15.4 Å². The third-order valence-electron chi connectivity index (χ3n) is 3.54. The highest BCUT2D eigenvalue weighted by Crippen LogP contribution is 2.29. The van der Waals surface area contributed by atoms with Gasteiger partial charge in [0.15, 0.2) is 11.7 Å². The molecule has 0 saturated carbocycles. The average molecular weight is 452 g/mol. The number of nitro benzene ring substituents is 1. The molecule has 0 aliphatic carbocycles. The van der Waals surface area contributed by atoms with Crippen molar-refractivity contribution in [3.8, 4) is 5.75 Å². The summed E-state index contributed by atoms with van der Waals surface area (Å²) in [5.74, 6) is -4.80. The van der Waals surface area contributed by atoms with E-state index in [1.54, 1.807) is 18.2 Å². The van der Waals surface area contributed by atoms with Gasteiger partial charge in [0.1, 0.15) is 5.75 Å². The van der Waals surface area contributed by atoms with Crippen LogP contribution in [0.15, 0.2) is 36.4 Å². The minimum absolute atomic E-state index is 0.0225. The number of hydrogen-bond donors (Lipinski definition) is 2. The van der Waals surface area contributed by atoms with E-state index in [9.17, 15) is 27.7 Å². The molecular formula is C17H14ClF4N3O3S. The number of rotatable bonds is 7. The maximum Gasteiger partial charge on any atom is 0.340 e. The van der Waals surface area contributed by atoms with Crippen LogP contribution in [0.4, 0.5) is 34.6 Å². The first-order valence-corrected chi connectivity index (χ1v) is 8.69. The Morgan fingerprint density at radius 2 is 1.90 bits per heavy atom. The van der Waals surface area contributed by atoms with Gasteiger partial charge in [0, 0.05) is 22.8 Å². The van der Waals surface area contributed by atoms with E-state index in [2.05, 4.69) is 15.4 Å². The lowest BCUT2D eigenvalue weighted by Gasteiger charge is -2.17. The number of nitrogens with zero attached hydrogens (tertiary/aromatic N) is 1. The molecule has 0 amide bonds. The molecule has 0 radical (unpaired) electrons. The summed E-state index contributed by atoms with van der Waals surface area (Å²) in [5.41, 5.74) is 0.908. The molecule has 0 heterocycles. The monoisotopic (exact) mass is 451 g/mol. The Bertz CT molecular complexity index is 931. The van der Waals surface area contributed by atoms with Crippen LogP contribution in [0.25, 0.3) is 0 Å². The van der Waals surface area contributed by atoms with Gasteiger partial charge in [-0.05, 0) is 36.8 Å². The molecule has 0 aromatic heterocycles. The Labute approximate surface area is 173 Å². The highest BCUT2D eigenvalue weighted by Gasteiger charge is 2.41. The van der Waals surface area contributed by atoms with Gasteiger partial charge in [-0.25, -0.2) is 8.78 Å². The summed E-state index contributed by atoms with van der Waals surface area (Å²) < 4.78 is 55.2. The minimum Gasteiger partial charge on any atom is -0.487 e. The van der Waals surface area contributed by atoms with Crippen LogP contribution in [0.2, 0.25) is 5.02 Å². The zero-order valence-electron chi connectivity index (χ0n) is 14.7. The van der Waals surface area contributed by atoms with Gasteiger partial charge in [0.2, 0.25) is 0 Å². The van der Waals surface area contributed by atoms with Crippen LogP contribution in [0.5, 0.6) is 5.75 Å². The number of alkyl halides is 4. The smallest absolute Gasteiger partial charge is 0.340 e. The third-order valence-corrected chi connectivity index (χ3v) is 4.15. The van der Waals surface area contributed by atoms with E-state index < -0.39 is 35.3 Å². The summed E-state index contributed by atoms with van der Waals surface area (Å²) in [5, 5.41) is 17.0. The van der Waals surface area contributed by atoms with Crippen molar-refractivity contribution in [2.24, 2.45) is 0 Å². The van der Waals surface area contributed by atoms with Crippen LogP contribution in [-0.2, 0) is 0 Å². The van der Waals surface area contributed by atoms with Crippen molar-refractivity contribution in [2.75, 3.05) is 17.2 Å². The molecule has 0 saturated heterocycles. The van der Waals surface area contributed by atoms with E-state index in [-0.39, 0.29) is 10.8 Å². The molecule has 2 aromatic rings. The number of benzene rings is 2. The maximum absolute atomic E-state index is 13.0. The molecule has 29 heavy (non-hydrogen) atoms. The second kappa shape index (κ2) is 9.23. The first-order chi connectivity index (χ1) is 13.5. The zero-order valence-corrected chi connectivity index (χ0v) is 16.3. The van der Waals surface area contributed by atoms with E-state index >= 15 is 0 Å². The molecule has 2 N–H and O–H groups in total. The van der Waals surface area contributed by atoms with Crippen molar-refractivity contribution in [3.63, 3.8) is 0 Å². The molecule has 0 fully saturated rings. The molecule has 156 valence electrons. The van der Waals surface area contributed by atoms with Crippen molar-refractivity contribution in [1.29, 1.82) is 0 Å². The molecule has 0 unspecified atom stereocenters. The predicted octanol–water partition coefficient (Wildman–Crippen LogP) is 5.64. The number of aryl methyl sites for hydroxylation is 1. The third kappa shape index (κ3) is 6.43. The van der Waals surface area contributed by atoms with Gasteiger partial charge in [-0.2, -0.15) is 8.78 Å². The number of nitrogens with one attached hydrogen (secondary N) is 2. The summed E-state index contributed by atoms with van der Waals surface area (Å²) in [6.07, 6.45) is -3.93. The van der Waals surface area contributed by atoms with Crippen LogP contribution in [-0.4, -0.2) is 29.0 Å². The van der Waals surface area contributed by atoms with Crippen LogP contribution < -0.4 is 15.4 Å². The minimum atomic E-state index is -4.40.